The van der Waals surface area contributed by atoms with Crippen molar-refractivity contribution in [2.45, 2.75) is 13.8 Å². The summed E-state index contributed by atoms with van der Waals surface area (Å²) in [5.74, 6) is 0.303. The summed E-state index contributed by atoms with van der Waals surface area (Å²) in [6, 6.07) is 14.9. The smallest absolute Gasteiger partial charge is 0.262 e. The fraction of sp³-hybridized carbons (Fsp3) is 0.174. The Kier molecular flexibility index (Phi) is 5.53. The number of ether oxygens (including phenoxy) is 2. The van der Waals surface area contributed by atoms with Crippen LogP contribution in [0.5, 0.6) is 11.6 Å². The number of halogens is 1. The number of hydrogen-bond acceptors (Lipinski definition) is 5. The molecule has 0 saturated heterocycles. The van der Waals surface area contributed by atoms with E-state index in [0.29, 0.717) is 22.8 Å². The fourth-order valence-corrected chi connectivity index (χ4v) is 3.35. The van der Waals surface area contributed by atoms with E-state index in [1.807, 2.05) is 13.8 Å². The molecule has 2 aromatic heterocycles. The number of carbonyl (C=O) groups is 1. The topological polar surface area (TPSA) is 78.3 Å². The zero-order valence-electron chi connectivity index (χ0n) is 17.3. The van der Waals surface area contributed by atoms with Crippen molar-refractivity contribution in [3.8, 4) is 17.3 Å². The normalized spacial score (nSPS) is 10.8. The molecule has 0 fully saturated rings. The number of anilines is 1. The second kappa shape index (κ2) is 8.43. The summed E-state index contributed by atoms with van der Waals surface area (Å²) in [5, 5.41) is 8.13. The molecule has 1 N–H and O–H groups in total. The molecule has 158 valence electrons. The van der Waals surface area contributed by atoms with Gasteiger partial charge in [0.2, 0.25) is 5.88 Å². The molecule has 0 aliphatic carbocycles. The summed E-state index contributed by atoms with van der Waals surface area (Å²) >= 11 is 0. The highest BCUT2D eigenvalue weighted by molar-refractivity contribution is 5.92. The quantitative estimate of drug-likeness (QED) is 0.506. The molecule has 0 spiro atoms. The molecular weight excluding hydrogens is 399 g/mol. The lowest BCUT2D eigenvalue weighted by Gasteiger charge is -2.09. The number of nitrogens with one attached hydrogen (secondary N) is 1. The Labute approximate surface area is 178 Å². The van der Waals surface area contributed by atoms with Crippen LogP contribution >= 0.6 is 0 Å². The number of carbonyl (C=O) groups excluding carboxylic acids is 1. The van der Waals surface area contributed by atoms with Gasteiger partial charge in [0.25, 0.3) is 5.91 Å². The second-order valence-electron chi connectivity index (χ2n) is 7.02. The third-order valence-electron chi connectivity index (χ3n) is 4.76. The number of aryl methyl sites for hydroxylation is 2. The van der Waals surface area contributed by atoms with E-state index in [4.69, 9.17) is 9.47 Å². The molecule has 4 rings (SSSR count). The molecule has 0 atom stereocenters. The first-order valence-corrected chi connectivity index (χ1v) is 9.64. The summed E-state index contributed by atoms with van der Waals surface area (Å²) in [6.45, 7) is 3.57. The van der Waals surface area contributed by atoms with E-state index in [9.17, 15) is 9.18 Å². The van der Waals surface area contributed by atoms with E-state index < -0.39 is 0 Å². The van der Waals surface area contributed by atoms with Crippen LogP contribution < -0.4 is 14.8 Å². The number of nitrogens with zero attached hydrogens (tertiary/aromatic N) is 3. The molecule has 2 heterocycles. The average molecular weight is 420 g/mol. The Bertz CT molecular complexity index is 1250. The summed E-state index contributed by atoms with van der Waals surface area (Å²) in [4.78, 5) is 16.8. The predicted octanol–water partition coefficient (Wildman–Crippen LogP) is 4.20. The Morgan fingerprint density at radius 3 is 2.61 bits per heavy atom. The van der Waals surface area contributed by atoms with Gasteiger partial charge in [-0.15, -0.1) is 0 Å². The van der Waals surface area contributed by atoms with Crippen molar-refractivity contribution in [1.82, 2.24) is 14.8 Å². The van der Waals surface area contributed by atoms with Gasteiger partial charge in [-0.3, -0.25) is 4.79 Å². The molecular formula is C23H21FN4O3. The lowest BCUT2D eigenvalue weighted by atomic mass is 10.2. The van der Waals surface area contributed by atoms with Gasteiger partial charge in [0.05, 0.1) is 18.5 Å². The van der Waals surface area contributed by atoms with E-state index in [1.54, 1.807) is 54.3 Å². The van der Waals surface area contributed by atoms with Gasteiger partial charge < -0.3 is 14.8 Å². The maximum atomic E-state index is 13.7. The van der Waals surface area contributed by atoms with Crippen molar-refractivity contribution >= 4 is 22.6 Å². The first-order chi connectivity index (χ1) is 14.9. The fourth-order valence-electron chi connectivity index (χ4n) is 3.35. The third-order valence-corrected chi connectivity index (χ3v) is 4.76. The highest BCUT2D eigenvalue weighted by Crippen LogP contribution is 2.27. The van der Waals surface area contributed by atoms with Crippen LogP contribution in [0, 0.1) is 19.7 Å². The predicted molar refractivity (Wildman–Crippen MR) is 115 cm³/mol. The van der Waals surface area contributed by atoms with Crippen LogP contribution in [0.2, 0.25) is 0 Å². The van der Waals surface area contributed by atoms with Gasteiger partial charge in [-0.1, -0.05) is 6.07 Å². The van der Waals surface area contributed by atoms with Crippen LogP contribution in [-0.4, -0.2) is 34.4 Å². The maximum Gasteiger partial charge on any atom is 0.262 e. The number of fused-ring (bicyclic) bond motifs is 1. The van der Waals surface area contributed by atoms with Crippen LogP contribution in [0.1, 0.15) is 11.3 Å². The zero-order chi connectivity index (χ0) is 22.0. The Morgan fingerprint density at radius 1 is 1.13 bits per heavy atom. The molecule has 2 aromatic carbocycles. The minimum absolute atomic E-state index is 0.211. The molecule has 4 aromatic rings. The summed E-state index contributed by atoms with van der Waals surface area (Å²) < 4.78 is 26.0. The van der Waals surface area contributed by atoms with E-state index in [2.05, 4.69) is 15.4 Å². The number of pyridine rings is 1. The van der Waals surface area contributed by atoms with E-state index in [-0.39, 0.29) is 24.2 Å². The largest absolute Gasteiger partial charge is 0.497 e. The Hall–Kier alpha value is -3.94. The van der Waals surface area contributed by atoms with E-state index in [1.165, 1.54) is 12.1 Å². The zero-order valence-corrected chi connectivity index (χ0v) is 17.3. The summed E-state index contributed by atoms with van der Waals surface area (Å²) in [5.41, 5.74) is 3.39. The first kappa shape index (κ1) is 20.3. The van der Waals surface area contributed by atoms with Crippen LogP contribution in [0.4, 0.5) is 10.1 Å². The van der Waals surface area contributed by atoms with E-state index >= 15 is 0 Å². The minimum Gasteiger partial charge on any atom is -0.497 e. The highest BCUT2D eigenvalue weighted by atomic mass is 19.1. The number of amides is 1. The van der Waals surface area contributed by atoms with Crippen LogP contribution in [0.25, 0.3) is 16.7 Å². The molecule has 1 amide bonds. The van der Waals surface area contributed by atoms with Crippen molar-refractivity contribution in [1.29, 1.82) is 0 Å². The summed E-state index contributed by atoms with van der Waals surface area (Å²) in [7, 11) is 1.58. The minimum atomic E-state index is -0.363. The molecule has 0 aliphatic rings. The lowest BCUT2D eigenvalue weighted by molar-refractivity contribution is -0.118. The molecule has 0 aliphatic heterocycles. The van der Waals surface area contributed by atoms with Gasteiger partial charge >= 0.3 is 0 Å². The molecule has 0 saturated carbocycles. The van der Waals surface area contributed by atoms with Crippen molar-refractivity contribution in [2.75, 3.05) is 19.0 Å². The average Bonchev–Trinajstić information content (AvgIpc) is 3.10. The molecule has 31 heavy (non-hydrogen) atoms. The molecule has 7 nitrogen and oxygen atoms in total. The van der Waals surface area contributed by atoms with Crippen molar-refractivity contribution in [2.24, 2.45) is 0 Å². The SMILES string of the molecule is COc1ccc(NC(=O)COc2cc(C)c3c(C)nn(-c4cccc(F)c4)c3n2)cc1. The standard InChI is InChI=1S/C23H21FN4O3/c1-14-11-21(31-13-20(29)25-17-7-9-19(30-3)10-8-17)26-23-22(14)15(2)27-28(23)18-6-4-5-16(24)12-18/h4-12H,13H2,1-3H3,(H,25,29). The van der Waals surface area contributed by atoms with Crippen LogP contribution in [-0.2, 0) is 4.79 Å². The Balaban J connectivity index is 1.55. The molecule has 0 bridgehead atoms. The van der Waals surface area contributed by atoms with Crippen molar-refractivity contribution in [3.63, 3.8) is 0 Å². The number of hydrogen-bond donors (Lipinski definition) is 1. The number of methoxy groups -OCH3 is 1. The monoisotopic (exact) mass is 420 g/mol. The van der Waals surface area contributed by atoms with Gasteiger partial charge in [0.15, 0.2) is 12.3 Å². The number of rotatable bonds is 6. The van der Waals surface area contributed by atoms with Gasteiger partial charge in [0, 0.05) is 17.1 Å². The van der Waals surface area contributed by atoms with Crippen LogP contribution in [0.3, 0.4) is 0 Å². The van der Waals surface area contributed by atoms with Gasteiger partial charge in [-0.05, 0) is 61.9 Å². The maximum absolute atomic E-state index is 13.7. The van der Waals surface area contributed by atoms with Crippen molar-refractivity contribution < 1.29 is 18.7 Å². The molecule has 0 unspecified atom stereocenters. The lowest BCUT2D eigenvalue weighted by Crippen LogP contribution is -2.20. The van der Waals surface area contributed by atoms with Gasteiger partial charge in [-0.2, -0.15) is 10.1 Å². The number of benzene rings is 2. The highest BCUT2D eigenvalue weighted by Gasteiger charge is 2.16. The van der Waals surface area contributed by atoms with Crippen molar-refractivity contribution in [3.05, 3.63) is 71.7 Å². The molecule has 0 radical (unpaired) electrons. The third kappa shape index (κ3) is 4.32. The Morgan fingerprint density at radius 2 is 1.90 bits per heavy atom. The number of aromatic nitrogens is 3. The molecule has 8 heteroatoms. The second-order valence-corrected chi connectivity index (χ2v) is 7.02. The van der Waals surface area contributed by atoms with Gasteiger partial charge in [-0.25, -0.2) is 9.07 Å². The van der Waals surface area contributed by atoms with E-state index in [0.717, 1.165) is 16.6 Å². The summed E-state index contributed by atoms with van der Waals surface area (Å²) in [6.07, 6.45) is 0. The van der Waals surface area contributed by atoms with Crippen LogP contribution in [0.15, 0.2) is 54.6 Å². The first-order valence-electron chi connectivity index (χ1n) is 9.64. The van der Waals surface area contributed by atoms with Gasteiger partial charge in [0.1, 0.15) is 11.6 Å².